The van der Waals surface area contributed by atoms with Gasteiger partial charge in [-0.25, -0.2) is 8.42 Å². The number of alkyl halides is 3. The van der Waals surface area contributed by atoms with Crippen LogP contribution < -0.4 is 5.32 Å². The minimum atomic E-state index is -4.57. The van der Waals surface area contributed by atoms with Crippen molar-refractivity contribution in [1.29, 1.82) is 5.26 Å². The molecule has 0 aliphatic rings. The van der Waals surface area contributed by atoms with Crippen molar-refractivity contribution in [3.05, 3.63) is 29.3 Å². The number of ether oxygens (including phenoxy) is 1. The lowest BCUT2D eigenvalue weighted by molar-refractivity contribution is -0.137. The van der Waals surface area contributed by atoms with Crippen molar-refractivity contribution in [2.45, 2.75) is 6.18 Å². The molecule has 5 nitrogen and oxygen atoms in total. The molecule has 1 rings (SSSR count). The first kappa shape index (κ1) is 18.3. The van der Waals surface area contributed by atoms with Gasteiger partial charge in [-0.15, -0.1) is 0 Å². The third kappa shape index (κ3) is 6.32. The molecule has 0 fully saturated rings. The number of nitriles is 1. The minimum Gasteiger partial charge on any atom is -0.383 e. The van der Waals surface area contributed by atoms with E-state index in [0.717, 1.165) is 18.4 Å². The Labute approximate surface area is 126 Å². The van der Waals surface area contributed by atoms with Crippen molar-refractivity contribution >= 4 is 15.5 Å². The predicted molar refractivity (Wildman–Crippen MR) is 75.2 cm³/mol. The molecular weight excluding hydrogens is 321 g/mol. The second kappa shape index (κ2) is 7.47. The molecule has 0 saturated heterocycles. The number of hydrogen-bond acceptors (Lipinski definition) is 5. The van der Waals surface area contributed by atoms with Crippen LogP contribution in [0.5, 0.6) is 0 Å². The van der Waals surface area contributed by atoms with E-state index < -0.39 is 27.1 Å². The molecule has 1 aromatic carbocycles. The highest BCUT2D eigenvalue weighted by molar-refractivity contribution is 7.90. The maximum absolute atomic E-state index is 12.6. The molecule has 22 heavy (non-hydrogen) atoms. The van der Waals surface area contributed by atoms with E-state index in [2.05, 4.69) is 5.32 Å². The summed E-state index contributed by atoms with van der Waals surface area (Å²) in [5.74, 6) is -0.0914. The largest absolute Gasteiger partial charge is 0.417 e. The fourth-order valence-electron chi connectivity index (χ4n) is 1.57. The molecule has 0 aromatic heterocycles. The zero-order chi connectivity index (χ0) is 16.8. The quantitative estimate of drug-likeness (QED) is 0.771. The van der Waals surface area contributed by atoms with E-state index in [0.29, 0.717) is 5.69 Å². The van der Waals surface area contributed by atoms with Gasteiger partial charge in [0.15, 0.2) is 0 Å². The van der Waals surface area contributed by atoms with E-state index in [1.165, 1.54) is 12.1 Å². The summed E-state index contributed by atoms with van der Waals surface area (Å²) in [5.41, 5.74) is -1.09. The third-order valence-electron chi connectivity index (χ3n) is 2.62. The van der Waals surface area contributed by atoms with Crippen LogP contribution in [-0.2, 0) is 20.8 Å². The summed E-state index contributed by atoms with van der Waals surface area (Å²) in [6, 6.07) is 4.68. The maximum atomic E-state index is 12.6. The van der Waals surface area contributed by atoms with E-state index in [-0.39, 0.29) is 25.5 Å². The van der Waals surface area contributed by atoms with Gasteiger partial charge >= 0.3 is 6.18 Å². The van der Waals surface area contributed by atoms with Gasteiger partial charge in [0.05, 0.1) is 36.2 Å². The average Bonchev–Trinajstić information content (AvgIpc) is 2.40. The van der Waals surface area contributed by atoms with Gasteiger partial charge in [0, 0.05) is 18.5 Å². The molecule has 0 bridgehead atoms. The van der Waals surface area contributed by atoms with Gasteiger partial charge in [-0.2, -0.15) is 18.4 Å². The van der Waals surface area contributed by atoms with Crippen molar-refractivity contribution in [3.63, 3.8) is 0 Å². The summed E-state index contributed by atoms with van der Waals surface area (Å²) in [4.78, 5) is 0. The molecule has 1 N–H and O–H groups in total. The molecule has 0 amide bonds. The summed E-state index contributed by atoms with van der Waals surface area (Å²) >= 11 is 0. The Kier molecular flexibility index (Phi) is 6.20. The van der Waals surface area contributed by atoms with Crippen LogP contribution >= 0.6 is 0 Å². The van der Waals surface area contributed by atoms with Crippen molar-refractivity contribution in [2.75, 3.05) is 37.1 Å². The van der Waals surface area contributed by atoms with Crippen LogP contribution in [0.15, 0.2) is 18.2 Å². The number of hydrogen-bond donors (Lipinski definition) is 1. The molecule has 0 aliphatic carbocycles. The van der Waals surface area contributed by atoms with Crippen LogP contribution in [0.2, 0.25) is 0 Å². The second-order valence-electron chi connectivity index (χ2n) is 4.54. The molecule has 122 valence electrons. The first-order chi connectivity index (χ1) is 10.1. The Hall–Kier alpha value is -1.79. The number of anilines is 1. The van der Waals surface area contributed by atoms with Gasteiger partial charge < -0.3 is 10.1 Å². The monoisotopic (exact) mass is 336 g/mol. The molecule has 0 atom stereocenters. The summed E-state index contributed by atoms with van der Waals surface area (Å²) in [7, 11) is -3.08. The van der Waals surface area contributed by atoms with Gasteiger partial charge in [-0.05, 0) is 18.2 Å². The fourth-order valence-corrected chi connectivity index (χ4v) is 1.99. The average molecular weight is 336 g/mol. The predicted octanol–water partition coefficient (Wildman–Crippen LogP) is 2.05. The lowest BCUT2D eigenvalue weighted by Gasteiger charge is -2.11. The maximum Gasteiger partial charge on any atom is 0.417 e. The van der Waals surface area contributed by atoms with Crippen LogP contribution in [0.4, 0.5) is 18.9 Å². The van der Waals surface area contributed by atoms with E-state index in [9.17, 15) is 21.6 Å². The van der Waals surface area contributed by atoms with Gasteiger partial charge in [-0.1, -0.05) is 0 Å². The van der Waals surface area contributed by atoms with Crippen molar-refractivity contribution in [2.24, 2.45) is 0 Å². The van der Waals surface area contributed by atoms with Crippen molar-refractivity contribution < 1.29 is 26.3 Å². The highest BCUT2D eigenvalue weighted by Crippen LogP contribution is 2.32. The zero-order valence-electron chi connectivity index (χ0n) is 11.8. The molecule has 0 spiro atoms. The topological polar surface area (TPSA) is 79.2 Å². The van der Waals surface area contributed by atoms with E-state index in [4.69, 9.17) is 10.00 Å². The Morgan fingerprint density at radius 3 is 2.55 bits per heavy atom. The first-order valence-electron chi connectivity index (χ1n) is 6.24. The van der Waals surface area contributed by atoms with Gasteiger partial charge in [-0.3, -0.25) is 0 Å². The van der Waals surface area contributed by atoms with Crippen molar-refractivity contribution in [1.82, 2.24) is 0 Å². The van der Waals surface area contributed by atoms with Crippen molar-refractivity contribution in [3.8, 4) is 6.07 Å². The summed E-state index contributed by atoms with van der Waals surface area (Å²) in [5, 5.41) is 11.6. The molecule has 0 aliphatic heterocycles. The van der Waals surface area contributed by atoms with Crippen LogP contribution in [0.25, 0.3) is 0 Å². The Morgan fingerprint density at radius 2 is 2.00 bits per heavy atom. The van der Waals surface area contributed by atoms with E-state index in [1.807, 2.05) is 0 Å². The third-order valence-corrected chi connectivity index (χ3v) is 3.53. The Bertz CT molecular complexity index is 651. The molecule has 0 unspecified atom stereocenters. The summed E-state index contributed by atoms with van der Waals surface area (Å²) < 4.78 is 64.6. The normalized spacial score (nSPS) is 12.0. The van der Waals surface area contributed by atoms with E-state index in [1.54, 1.807) is 0 Å². The molecule has 0 saturated carbocycles. The zero-order valence-corrected chi connectivity index (χ0v) is 12.6. The minimum absolute atomic E-state index is 0.0526. The van der Waals surface area contributed by atoms with Crippen LogP contribution in [0.3, 0.4) is 0 Å². The number of nitrogens with one attached hydrogen (secondary N) is 1. The summed E-state index contributed by atoms with van der Waals surface area (Å²) in [6.45, 7) is 0.523. The highest BCUT2D eigenvalue weighted by atomic mass is 32.2. The van der Waals surface area contributed by atoms with Gasteiger partial charge in [0.1, 0.15) is 9.84 Å². The SMILES string of the molecule is CS(=O)(=O)CCOCCNc1ccc(C(F)(F)F)c(C#N)c1. The molecular formula is C13H15F3N2O3S. The number of rotatable bonds is 7. The number of nitrogens with zero attached hydrogens (tertiary/aromatic N) is 1. The molecule has 0 heterocycles. The summed E-state index contributed by atoms with van der Waals surface area (Å²) in [6.07, 6.45) is -3.47. The Morgan fingerprint density at radius 1 is 1.32 bits per heavy atom. The lowest BCUT2D eigenvalue weighted by atomic mass is 10.1. The molecule has 1 aromatic rings. The smallest absolute Gasteiger partial charge is 0.383 e. The number of benzene rings is 1. The Balaban J connectivity index is 2.50. The van der Waals surface area contributed by atoms with Gasteiger partial charge in [0.25, 0.3) is 0 Å². The van der Waals surface area contributed by atoms with Crippen LogP contribution in [0.1, 0.15) is 11.1 Å². The van der Waals surface area contributed by atoms with E-state index >= 15 is 0 Å². The first-order valence-corrected chi connectivity index (χ1v) is 8.30. The number of sulfone groups is 1. The van der Waals surface area contributed by atoms with Gasteiger partial charge in [0.2, 0.25) is 0 Å². The fraction of sp³-hybridized carbons (Fsp3) is 0.462. The van der Waals surface area contributed by atoms with Crippen LogP contribution in [0, 0.1) is 11.3 Å². The molecule has 0 radical (unpaired) electrons. The molecule has 9 heteroatoms. The number of halogens is 3. The lowest BCUT2D eigenvalue weighted by Crippen LogP contribution is -2.15. The standard InChI is InChI=1S/C13H15F3N2O3S/c1-22(19,20)7-6-21-5-4-18-11-2-3-12(13(14,15)16)10(8-11)9-17/h2-3,8,18H,4-7H2,1H3. The second-order valence-corrected chi connectivity index (χ2v) is 6.80. The highest BCUT2D eigenvalue weighted by Gasteiger charge is 2.33. The van der Waals surface area contributed by atoms with Crippen LogP contribution in [-0.4, -0.2) is 40.2 Å².